The molecular weight excluding hydrogens is 413 g/mol. The van der Waals surface area contributed by atoms with Crippen LogP contribution in [0.1, 0.15) is 52.4 Å². The Labute approximate surface area is 166 Å². The number of guanidine groups is 1. The van der Waals surface area contributed by atoms with Gasteiger partial charge in [0.25, 0.3) is 0 Å². The molecule has 1 atom stereocenters. The number of unbranched alkanes of at least 4 members (excludes halogenated alkanes) is 5. The highest BCUT2D eigenvalue weighted by Gasteiger charge is 2.15. The normalized spacial score (nSPS) is 18.2. The average Bonchev–Trinajstić information content (AvgIpc) is 2.54. The Bertz CT molecular complexity index is 317. The van der Waals surface area contributed by atoms with Gasteiger partial charge < -0.3 is 20.9 Å². The highest BCUT2D eigenvalue weighted by atomic mass is 127. The van der Waals surface area contributed by atoms with Gasteiger partial charge in [0.1, 0.15) is 0 Å². The number of nitrogens with one attached hydrogen (secondary N) is 1. The van der Waals surface area contributed by atoms with Crippen molar-refractivity contribution in [3.63, 3.8) is 0 Å². The predicted octanol–water partition coefficient (Wildman–Crippen LogP) is 2.75. The van der Waals surface area contributed by atoms with Crippen LogP contribution in [0.25, 0.3) is 0 Å². The number of likely N-dealkylation sites (N-methyl/N-ethyl adjacent to an activating group) is 1. The first kappa shape index (κ1) is 23.9. The number of nitrogens with zero attached hydrogens (tertiary/aromatic N) is 3. The van der Waals surface area contributed by atoms with Gasteiger partial charge in [0, 0.05) is 45.8 Å². The molecule has 1 heterocycles. The summed E-state index contributed by atoms with van der Waals surface area (Å²) in [5.74, 6) is 1.18. The third-order valence-electron chi connectivity index (χ3n) is 4.58. The van der Waals surface area contributed by atoms with Crippen molar-refractivity contribution >= 4 is 29.9 Å². The summed E-state index contributed by atoms with van der Waals surface area (Å²) in [7, 11) is 2.20. The molecule has 0 aliphatic carbocycles. The molecule has 1 aliphatic rings. The highest BCUT2D eigenvalue weighted by molar-refractivity contribution is 14.0. The van der Waals surface area contributed by atoms with Gasteiger partial charge in [0.2, 0.25) is 0 Å². The van der Waals surface area contributed by atoms with Gasteiger partial charge in [-0.05, 0) is 19.4 Å². The molecule has 0 aromatic heterocycles. The van der Waals surface area contributed by atoms with Crippen LogP contribution in [0.5, 0.6) is 0 Å². The van der Waals surface area contributed by atoms with Gasteiger partial charge in [-0.2, -0.15) is 0 Å². The van der Waals surface area contributed by atoms with E-state index in [-0.39, 0.29) is 24.0 Å². The summed E-state index contributed by atoms with van der Waals surface area (Å²) in [4.78, 5) is 9.43. The van der Waals surface area contributed by atoms with E-state index < -0.39 is 0 Å². The molecule has 1 fully saturated rings. The molecule has 24 heavy (non-hydrogen) atoms. The van der Waals surface area contributed by atoms with Crippen LogP contribution in [0.4, 0.5) is 0 Å². The van der Waals surface area contributed by atoms with Gasteiger partial charge >= 0.3 is 0 Å². The Balaban J connectivity index is 0.00000529. The van der Waals surface area contributed by atoms with Gasteiger partial charge in [-0.15, -0.1) is 24.0 Å². The minimum Gasteiger partial charge on any atom is -0.370 e. The number of halogens is 1. The molecule has 0 amide bonds. The standard InChI is InChI=1S/C18H39N5.HI/c1-4-5-6-7-8-9-10-20-18(19)21-15-17(2)16-23-13-11-22(3)12-14-23;/h17H,4-16H2,1-3H3,(H3,19,20,21);1H. The zero-order chi connectivity index (χ0) is 16.9. The molecule has 0 radical (unpaired) electrons. The van der Waals surface area contributed by atoms with Crippen LogP contribution in [-0.4, -0.2) is 68.6 Å². The van der Waals surface area contributed by atoms with E-state index in [1.54, 1.807) is 0 Å². The largest absolute Gasteiger partial charge is 0.370 e. The van der Waals surface area contributed by atoms with Crippen LogP contribution in [0.15, 0.2) is 4.99 Å². The molecule has 6 heteroatoms. The van der Waals surface area contributed by atoms with Crippen LogP contribution >= 0.6 is 24.0 Å². The summed E-state index contributed by atoms with van der Waals surface area (Å²) in [6, 6.07) is 0. The third kappa shape index (κ3) is 12.3. The number of piperazine rings is 1. The predicted molar refractivity (Wildman–Crippen MR) is 116 cm³/mol. The molecule has 0 bridgehead atoms. The minimum atomic E-state index is 0. The summed E-state index contributed by atoms with van der Waals surface area (Å²) in [6.07, 6.45) is 7.86. The number of rotatable bonds is 11. The molecule has 1 aliphatic heterocycles. The van der Waals surface area contributed by atoms with E-state index in [2.05, 4.69) is 41.0 Å². The lowest BCUT2D eigenvalue weighted by Crippen LogP contribution is -2.46. The second-order valence-electron chi connectivity index (χ2n) is 7.13. The van der Waals surface area contributed by atoms with E-state index in [1.807, 2.05) is 0 Å². The molecule has 3 N–H and O–H groups in total. The fourth-order valence-electron chi connectivity index (χ4n) is 2.96. The topological polar surface area (TPSA) is 56.9 Å². The summed E-state index contributed by atoms with van der Waals surface area (Å²) >= 11 is 0. The Morgan fingerprint density at radius 2 is 1.71 bits per heavy atom. The third-order valence-corrected chi connectivity index (χ3v) is 4.58. The van der Waals surface area contributed by atoms with Gasteiger partial charge in [0.05, 0.1) is 0 Å². The van der Waals surface area contributed by atoms with E-state index in [4.69, 9.17) is 5.73 Å². The Hall–Kier alpha value is -0.0800. The van der Waals surface area contributed by atoms with E-state index in [9.17, 15) is 0 Å². The smallest absolute Gasteiger partial charge is 0.188 e. The van der Waals surface area contributed by atoms with Gasteiger partial charge in [-0.3, -0.25) is 4.99 Å². The number of nitrogens with two attached hydrogens (primary N) is 1. The van der Waals surface area contributed by atoms with E-state index >= 15 is 0 Å². The van der Waals surface area contributed by atoms with Crippen molar-refractivity contribution in [2.24, 2.45) is 16.6 Å². The van der Waals surface area contributed by atoms with Gasteiger partial charge in [0.15, 0.2) is 5.96 Å². The molecule has 1 unspecified atom stereocenters. The van der Waals surface area contributed by atoms with Crippen molar-refractivity contribution in [1.82, 2.24) is 15.1 Å². The lowest BCUT2D eigenvalue weighted by molar-refractivity contribution is 0.140. The monoisotopic (exact) mass is 453 g/mol. The van der Waals surface area contributed by atoms with Crippen LogP contribution in [-0.2, 0) is 0 Å². The maximum absolute atomic E-state index is 5.95. The van der Waals surface area contributed by atoms with Crippen molar-refractivity contribution in [2.75, 3.05) is 52.9 Å². The minimum absolute atomic E-state index is 0. The van der Waals surface area contributed by atoms with E-state index in [1.165, 1.54) is 64.7 Å². The SMILES string of the molecule is CCCCCCCCNC(N)=NCC(C)CN1CCN(C)CC1.I. The molecule has 0 aromatic carbocycles. The zero-order valence-corrected chi connectivity index (χ0v) is 18.4. The Kier molecular flexibility index (Phi) is 15.1. The van der Waals surface area contributed by atoms with Crippen LogP contribution in [0.3, 0.4) is 0 Å². The maximum atomic E-state index is 5.95. The molecule has 5 nitrogen and oxygen atoms in total. The van der Waals surface area contributed by atoms with Crippen LogP contribution in [0.2, 0.25) is 0 Å². The van der Waals surface area contributed by atoms with Crippen molar-refractivity contribution < 1.29 is 0 Å². The Morgan fingerprint density at radius 3 is 2.38 bits per heavy atom. The molecule has 1 saturated heterocycles. The second-order valence-corrected chi connectivity index (χ2v) is 7.13. The summed E-state index contributed by atoms with van der Waals surface area (Å²) in [6.45, 7) is 12.1. The Morgan fingerprint density at radius 1 is 1.08 bits per heavy atom. The highest BCUT2D eigenvalue weighted by Crippen LogP contribution is 2.05. The number of hydrogen-bond acceptors (Lipinski definition) is 3. The average molecular weight is 453 g/mol. The molecule has 144 valence electrons. The zero-order valence-electron chi connectivity index (χ0n) is 16.1. The first-order chi connectivity index (χ1) is 11.1. The molecule has 1 rings (SSSR count). The lowest BCUT2D eigenvalue weighted by atomic mass is 10.1. The molecule has 0 spiro atoms. The van der Waals surface area contributed by atoms with E-state index in [0.717, 1.165) is 19.6 Å². The number of hydrogen-bond donors (Lipinski definition) is 2. The van der Waals surface area contributed by atoms with Crippen LogP contribution < -0.4 is 11.1 Å². The molecular formula is C18H40IN5. The second kappa shape index (κ2) is 15.2. The van der Waals surface area contributed by atoms with Crippen molar-refractivity contribution in [3.8, 4) is 0 Å². The van der Waals surface area contributed by atoms with Gasteiger partial charge in [-0.1, -0.05) is 46.0 Å². The summed E-state index contributed by atoms with van der Waals surface area (Å²) in [5.41, 5.74) is 5.95. The number of aliphatic imine (C=N–C) groups is 1. The quantitative estimate of drug-likeness (QED) is 0.219. The van der Waals surface area contributed by atoms with Gasteiger partial charge in [-0.25, -0.2) is 0 Å². The summed E-state index contributed by atoms with van der Waals surface area (Å²) < 4.78 is 0. The molecule has 0 saturated carbocycles. The van der Waals surface area contributed by atoms with E-state index in [0.29, 0.717) is 11.9 Å². The van der Waals surface area contributed by atoms with Crippen molar-refractivity contribution in [1.29, 1.82) is 0 Å². The van der Waals surface area contributed by atoms with Crippen LogP contribution in [0, 0.1) is 5.92 Å². The van der Waals surface area contributed by atoms with Crippen molar-refractivity contribution in [3.05, 3.63) is 0 Å². The van der Waals surface area contributed by atoms with Crippen molar-refractivity contribution in [2.45, 2.75) is 52.4 Å². The molecule has 0 aromatic rings. The fraction of sp³-hybridized carbons (Fsp3) is 0.944. The first-order valence-electron chi connectivity index (χ1n) is 9.56. The maximum Gasteiger partial charge on any atom is 0.188 e. The first-order valence-corrected chi connectivity index (χ1v) is 9.56. The lowest BCUT2D eigenvalue weighted by Gasteiger charge is -2.33. The summed E-state index contributed by atoms with van der Waals surface area (Å²) in [5, 5.41) is 3.25. The fourth-order valence-corrected chi connectivity index (χ4v) is 2.96.